The largest absolute Gasteiger partial charge is 0.493 e. The van der Waals surface area contributed by atoms with Gasteiger partial charge in [0, 0.05) is 25.6 Å². The minimum atomic E-state index is -0.547. The molecule has 4 aromatic rings. The van der Waals surface area contributed by atoms with E-state index in [4.69, 9.17) is 0 Å². The van der Waals surface area contributed by atoms with Crippen molar-refractivity contribution in [2.45, 2.75) is 6.54 Å². The molecule has 2 N–H and O–H groups in total. The van der Waals surface area contributed by atoms with Crippen LogP contribution in [0.25, 0.3) is 10.9 Å². The van der Waals surface area contributed by atoms with Crippen LogP contribution in [0.4, 0.5) is 11.4 Å². The van der Waals surface area contributed by atoms with Crippen molar-refractivity contribution >= 4 is 66.0 Å². The maximum absolute atomic E-state index is 12.6. The summed E-state index contributed by atoms with van der Waals surface area (Å²) in [5, 5.41) is 22.0. The second-order valence-corrected chi connectivity index (χ2v) is 8.68. The van der Waals surface area contributed by atoms with E-state index in [9.17, 15) is 14.7 Å². The number of para-hydroxylation sites is 1. The predicted octanol–water partition coefficient (Wildman–Crippen LogP) is 6.43. The fourth-order valence-corrected chi connectivity index (χ4v) is 3.79. The summed E-state index contributed by atoms with van der Waals surface area (Å²) in [5.41, 5.74) is 1.71. The van der Waals surface area contributed by atoms with Crippen molar-refractivity contribution in [2.75, 3.05) is 5.32 Å². The lowest BCUT2D eigenvalue weighted by molar-refractivity contribution is -0.116. The van der Waals surface area contributed by atoms with Gasteiger partial charge in [0.25, 0.3) is 5.91 Å². The Kier molecular flexibility index (Phi) is 6.48. The highest BCUT2D eigenvalue weighted by atomic mass is 79.9. The van der Waals surface area contributed by atoms with Gasteiger partial charge >= 0.3 is 0 Å². The highest BCUT2D eigenvalue weighted by Crippen LogP contribution is 2.40. The molecule has 0 aliphatic heterocycles. The van der Waals surface area contributed by atoms with E-state index in [0.717, 1.165) is 8.95 Å². The van der Waals surface area contributed by atoms with E-state index < -0.39 is 5.91 Å². The number of fused-ring (bicyclic) bond motifs is 1. The van der Waals surface area contributed by atoms with Crippen LogP contribution < -0.4 is 5.32 Å². The van der Waals surface area contributed by atoms with Gasteiger partial charge in [-0.25, -0.2) is 0 Å². The molecule has 160 valence electrons. The first-order valence-corrected chi connectivity index (χ1v) is 11.1. The number of aromatic nitrogens is 1. The SMILES string of the molecule is O=C(Cn1c(O)c(N=NC(=O)c2ccc(Br)cc2)c2cc(Br)ccc21)Nc1ccccc1. The molecule has 0 saturated carbocycles. The molecule has 0 bridgehead atoms. The van der Waals surface area contributed by atoms with Gasteiger partial charge in [-0.15, -0.1) is 10.2 Å². The third-order valence-corrected chi connectivity index (χ3v) is 5.69. The third-order valence-electron chi connectivity index (χ3n) is 4.66. The summed E-state index contributed by atoms with van der Waals surface area (Å²) in [7, 11) is 0. The Labute approximate surface area is 200 Å². The normalized spacial score (nSPS) is 11.2. The summed E-state index contributed by atoms with van der Waals surface area (Å²) in [4.78, 5) is 25.0. The number of hydrogen-bond acceptors (Lipinski definition) is 4. The number of amides is 2. The lowest BCUT2D eigenvalue weighted by Crippen LogP contribution is -2.18. The number of azo groups is 1. The summed E-state index contributed by atoms with van der Waals surface area (Å²) >= 11 is 6.72. The van der Waals surface area contributed by atoms with Crippen molar-refractivity contribution in [3.8, 4) is 5.88 Å². The standard InChI is InChI=1S/C23H16Br2N4O3/c24-15-8-6-14(7-9-15)22(31)28-27-21-18-12-16(25)10-11-19(18)29(23(21)32)13-20(30)26-17-4-2-1-3-5-17/h1-12,32H,13H2,(H,26,30). The second kappa shape index (κ2) is 9.46. The number of halogens is 2. The van der Waals surface area contributed by atoms with Crippen molar-refractivity contribution in [2.24, 2.45) is 10.2 Å². The van der Waals surface area contributed by atoms with E-state index in [-0.39, 0.29) is 24.0 Å². The molecule has 4 rings (SSSR count). The molecule has 0 radical (unpaired) electrons. The summed E-state index contributed by atoms with van der Waals surface area (Å²) in [6.07, 6.45) is 0. The van der Waals surface area contributed by atoms with Gasteiger partial charge in [-0.05, 0) is 54.6 Å². The third kappa shape index (κ3) is 4.79. The molecule has 7 nitrogen and oxygen atoms in total. The van der Waals surface area contributed by atoms with Crippen LogP contribution in [0.2, 0.25) is 0 Å². The molecule has 3 aromatic carbocycles. The Balaban J connectivity index is 1.66. The maximum atomic E-state index is 12.6. The van der Waals surface area contributed by atoms with Crippen LogP contribution in [-0.2, 0) is 11.3 Å². The molecule has 0 saturated heterocycles. The van der Waals surface area contributed by atoms with Gasteiger partial charge in [-0.3, -0.25) is 9.59 Å². The van der Waals surface area contributed by atoms with Crippen LogP contribution in [-0.4, -0.2) is 21.5 Å². The molecule has 9 heteroatoms. The van der Waals surface area contributed by atoms with Crippen LogP contribution in [0.1, 0.15) is 10.4 Å². The van der Waals surface area contributed by atoms with Crippen molar-refractivity contribution in [3.05, 3.63) is 87.3 Å². The minimum absolute atomic E-state index is 0.110. The smallest absolute Gasteiger partial charge is 0.295 e. The van der Waals surface area contributed by atoms with Crippen LogP contribution >= 0.6 is 31.9 Å². The first-order chi connectivity index (χ1) is 15.4. The number of anilines is 1. The Hall–Kier alpha value is -3.30. The number of nitrogens with one attached hydrogen (secondary N) is 1. The lowest BCUT2D eigenvalue weighted by Gasteiger charge is -2.08. The lowest BCUT2D eigenvalue weighted by atomic mass is 10.2. The Morgan fingerprint density at radius 2 is 1.62 bits per heavy atom. The summed E-state index contributed by atoms with van der Waals surface area (Å²) in [6.45, 7) is -0.144. The zero-order valence-corrected chi connectivity index (χ0v) is 19.7. The van der Waals surface area contributed by atoms with Gasteiger partial charge in [-0.1, -0.05) is 50.1 Å². The predicted molar refractivity (Wildman–Crippen MR) is 129 cm³/mol. The van der Waals surface area contributed by atoms with Crippen LogP contribution in [0.5, 0.6) is 5.88 Å². The number of nitrogens with zero attached hydrogens (tertiary/aromatic N) is 3. The minimum Gasteiger partial charge on any atom is -0.493 e. The van der Waals surface area contributed by atoms with E-state index in [1.54, 1.807) is 54.6 Å². The van der Waals surface area contributed by atoms with Crippen molar-refractivity contribution in [3.63, 3.8) is 0 Å². The highest BCUT2D eigenvalue weighted by Gasteiger charge is 2.19. The molecular formula is C23H16Br2N4O3. The van der Waals surface area contributed by atoms with E-state index in [0.29, 0.717) is 22.2 Å². The van der Waals surface area contributed by atoms with Crippen LogP contribution in [0, 0.1) is 0 Å². The fraction of sp³-hybridized carbons (Fsp3) is 0.0435. The van der Waals surface area contributed by atoms with Crippen LogP contribution in [0.3, 0.4) is 0 Å². The van der Waals surface area contributed by atoms with Crippen molar-refractivity contribution in [1.29, 1.82) is 0 Å². The van der Waals surface area contributed by atoms with Gasteiger partial charge in [0.2, 0.25) is 11.8 Å². The van der Waals surface area contributed by atoms with Gasteiger partial charge in [0.1, 0.15) is 6.54 Å². The Morgan fingerprint density at radius 3 is 2.34 bits per heavy atom. The molecule has 32 heavy (non-hydrogen) atoms. The molecule has 2 amide bonds. The quantitative estimate of drug-likeness (QED) is 0.277. The molecule has 0 aliphatic rings. The molecular weight excluding hydrogens is 540 g/mol. The summed E-state index contributed by atoms with van der Waals surface area (Å²) in [6, 6.07) is 21.0. The molecule has 0 spiro atoms. The van der Waals surface area contributed by atoms with Gasteiger partial charge in [0.05, 0.1) is 5.52 Å². The first kappa shape index (κ1) is 21.9. The fourth-order valence-electron chi connectivity index (χ4n) is 3.17. The number of benzene rings is 3. The molecule has 0 unspecified atom stereocenters. The first-order valence-electron chi connectivity index (χ1n) is 9.49. The molecule has 1 aromatic heterocycles. The molecule has 0 atom stereocenters. The van der Waals surface area contributed by atoms with E-state index in [1.807, 2.05) is 18.2 Å². The summed E-state index contributed by atoms with van der Waals surface area (Å²) < 4.78 is 3.02. The highest BCUT2D eigenvalue weighted by molar-refractivity contribution is 9.10. The maximum Gasteiger partial charge on any atom is 0.295 e. The van der Waals surface area contributed by atoms with E-state index in [2.05, 4.69) is 47.4 Å². The number of carbonyl (C=O) groups is 2. The van der Waals surface area contributed by atoms with E-state index in [1.165, 1.54) is 4.57 Å². The number of carbonyl (C=O) groups excluding carboxylic acids is 2. The van der Waals surface area contributed by atoms with Crippen molar-refractivity contribution in [1.82, 2.24) is 4.57 Å². The zero-order chi connectivity index (χ0) is 22.7. The number of hydrogen-bond donors (Lipinski definition) is 2. The average molecular weight is 556 g/mol. The number of aromatic hydroxyl groups is 1. The molecule has 0 aliphatic carbocycles. The molecule has 1 heterocycles. The monoisotopic (exact) mass is 554 g/mol. The van der Waals surface area contributed by atoms with Crippen LogP contribution in [0.15, 0.2) is 92.0 Å². The van der Waals surface area contributed by atoms with E-state index >= 15 is 0 Å². The van der Waals surface area contributed by atoms with Gasteiger partial charge in [-0.2, -0.15) is 0 Å². The molecule has 0 fully saturated rings. The summed E-state index contributed by atoms with van der Waals surface area (Å²) in [5.74, 6) is -1.12. The Bertz CT molecular complexity index is 1330. The average Bonchev–Trinajstić information content (AvgIpc) is 3.03. The second-order valence-electron chi connectivity index (χ2n) is 6.85. The van der Waals surface area contributed by atoms with Gasteiger partial charge in [0.15, 0.2) is 5.69 Å². The van der Waals surface area contributed by atoms with Crippen molar-refractivity contribution < 1.29 is 14.7 Å². The van der Waals surface area contributed by atoms with Gasteiger partial charge < -0.3 is 15.0 Å². The Morgan fingerprint density at radius 1 is 0.938 bits per heavy atom. The number of rotatable bonds is 5. The topological polar surface area (TPSA) is 96.1 Å². The zero-order valence-electron chi connectivity index (χ0n) is 16.5.